The van der Waals surface area contributed by atoms with Crippen LogP contribution >= 0.6 is 0 Å². The smallest absolute Gasteiger partial charge is 0.333 e. The highest BCUT2D eigenvalue weighted by Gasteiger charge is 2.55. The van der Waals surface area contributed by atoms with E-state index < -0.39 is 5.41 Å². The van der Waals surface area contributed by atoms with Gasteiger partial charge in [0, 0.05) is 55.1 Å². The zero-order chi connectivity index (χ0) is 34.2. The van der Waals surface area contributed by atoms with Gasteiger partial charge in [-0.15, -0.1) is 0 Å². The molecule has 1 spiro atoms. The third kappa shape index (κ3) is 2.85. The fourth-order valence-corrected chi connectivity index (χ4v) is 11.2. The van der Waals surface area contributed by atoms with E-state index in [1.54, 1.807) is 0 Å². The topological polar surface area (TPSA) is 21.3 Å². The Kier molecular flexibility index (Phi) is 4.57. The van der Waals surface area contributed by atoms with Crippen LogP contribution in [0.1, 0.15) is 22.3 Å². The normalized spacial score (nSPS) is 14.9. The highest BCUT2D eigenvalue weighted by Crippen LogP contribution is 2.64. The van der Waals surface area contributed by atoms with Crippen LogP contribution in [-0.2, 0) is 5.41 Å². The number of hydrogen-bond acceptors (Lipinski definition) is 2. The number of fused-ring (bicyclic) bond motifs is 20. The first-order valence-electron chi connectivity index (χ1n) is 18.6. The van der Waals surface area contributed by atoms with E-state index in [2.05, 4.69) is 173 Å². The van der Waals surface area contributed by atoms with Gasteiger partial charge < -0.3 is 13.8 Å². The van der Waals surface area contributed by atoms with Crippen molar-refractivity contribution in [1.29, 1.82) is 0 Å². The molecule has 0 bridgehead atoms. The summed E-state index contributed by atoms with van der Waals surface area (Å²) in [6, 6.07) is 61.3. The molecule has 242 valence electrons. The van der Waals surface area contributed by atoms with Crippen LogP contribution < -0.4 is 15.8 Å². The van der Waals surface area contributed by atoms with Crippen LogP contribution in [0.2, 0.25) is 0 Å². The second-order valence-electron chi connectivity index (χ2n) is 15.1. The van der Waals surface area contributed by atoms with Crippen molar-refractivity contribution in [3.63, 3.8) is 0 Å². The maximum absolute atomic E-state index is 6.93. The van der Waals surface area contributed by atoms with Crippen molar-refractivity contribution in [2.75, 3.05) is 4.90 Å². The molecule has 0 radical (unpaired) electrons. The molecule has 1 aliphatic carbocycles. The quantitative estimate of drug-likeness (QED) is 0.150. The summed E-state index contributed by atoms with van der Waals surface area (Å²) >= 11 is 0. The lowest BCUT2D eigenvalue weighted by atomic mass is 9.44. The number of benzene rings is 8. The lowest BCUT2D eigenvalue weighted by molar-refractivity contribution is 0.670. The first-order chi connectivity index (χ1) is 26.3. The predicted molar refractivity (Wildman–Crippen MR) is 218 cm³/mol. The molecule has 8 aromatic carbocycles. The Balaban J connectivity index is 1.23. The van der Waals surface area contributed by atoms with Crippen molar-refractivity contribution < 1.29 is 4.42 Å². The molecule has 4 heteroatoms. The second-order valence-corrected chi connectivity index (χ2v) is 15.1. The van der Waals surface area contributed by atoms with E-state index in [0.717, 1.165) is 21.9 Å². The maximum atomic E-state index is 6.93. The minimum absolute atomic E-state index is 0.0599. The number of furan rings is 1. The van der Waals surface area contributed by atoms with Crippen LogP contribution in [0.5, 0.6) is 0 Å². The van der Waals surface area contributed by atoms with Crippen LogP contribution in [0.4, 0.5) is 17.1 Å². The fraction of sp³-hybridized carbons (Fsp3) is 0.0204. The van der Waals surface area contributed by atoms with E-state index in [-0.39, 0.29) is 6.85 Å². The van der Waals surface area contributed by atoms with Gasteiger partial charge in [0.2, 0.25) is 0 Å². The van der Waals surface area contributed by atoms with E-state index in [0.29, 0.717) is 0 Å². The van der Waals surface area contributed by atoms with Crippen molar-refractivity contribution in [2.45, 2.75) is 5.41 Å². The summed E-state index contributed by atoms with van der Waals surface area (Å²) in [5, 5.41) is 4.87. The van der Waals surface area contributed by atoms with Crippen molar-refractivity contribution in [1.82, 2.24) is 4.48 Å². The summed E-state index contributed by atoms with van der Waals surface area (Å²) in [4.78, 5) is 2.61. The van der Waals surface area contributed by atoms with Gasteiger partial charge in [-0.25, -0.2) is 0 Å². The highest BCUT2D eigenvalue weighted by atomic mass is 16.3. The molecular formula is C49H27BN2O. The Morgan fingerprint density at radius 1 is 0.491 bits per heavy atom. The molecule has 14 rings (SSSR count). The number of anilines is 3. The van der Waals surface area contributed by atoms with Crippen LogP contribution in [0.15, 0.2) is 168 Å². The van der Waals surface area contributed by atoms with Crippen LogP contribution in [0.25, 0.3) is 66.0 Å². The molecule has 0 saturated heterocycles. The van der Waals surface area contributed by atoms with Gasteiger partial charge >= 0.3 is 6.85 Å². The lowest BCUT2D eigenvalue weighted by Gasteiger charge is -2.49. The zero-order valence-corrected chi connectivity index (χ0v) is 28.5. The van der Waals surface area contributed by atoms with Gasteiger partial charge in [-0.05, 0) is 68.6 Å². The average Bonchev–Trinajstić information content (AvgIpc) is 3.86. The molecule has 0 fully saturated rings. The summed E-state index contributed by atoms with van der Waals surface area (Å²) in [6.45, 7) is -0.0599. The average molecular weight is 671 g/mol. The lowest BCUT2D eigenvalue weighted by Crippen LogP contribution is -2.58. The highest BCUT2D eigenvalue weighted by molar-refractivity contribution is 6.90. The predicted octanol–water partition coefficient (Wildman–Crippen LogP) is 10.8. The largest absolute Gasteiger partial charge is 0.455 e. The van der Waals surface area contributed by atoms with Crippen molar-refractivity contribution >= 4 is 78.6 Å². The van der Waals surface area contributed by atoms with Gasteiger partial charge in [-0.1, -0.05) is 140 Å². The van der Waals surface area contributed by atoms with Gasteiger partial charge in [-0.3, -0.25) is 0 Å². The molecular weight excluding hydrogens is 643 g/mol. The Morgan fingerprint density at radius 3 is 1.98 bits per heavy atom. The van der Waals surface area contributed by atoms with Gasteiger partial charge in [0.05, 0.1) is 11.1 Å². The molecule has 3 nitrogen and oxygen atoms in total. The van der Waals surface area contributed by atoms with Gasteiger partial charge in [-0.2, -0.15) is 0 Å². The van der Waals surface area contributed by atoms with Crippen molar-refractivity contribution in [2.24, 2.45) is 0 Å². The molecule has 0 saturated carbocycles. The second kappa shape index (κ2) is 8.98. The molecule has 4 aliphatic rings. The number of nitrogens with zero attached hydrogens (tertiary/aromatic N) is 2. The summed E-state index contributed by atoms with van der Waals surface area (Å²) in [6.07, 6.45) is 0. The Labute approximate surface area is 305 Å². The molecule has 3 aliphatic heterocycles. The minimum Gasteiger partial charge on any atom is -0.455 e. The summed E-state index contributed by atoms with van der Waals surface area (Å²) in [7, 11) is 0. The van der Waals surface area contributed by atoms with Crippen molar-refractivity contribution in [3.05, 3.63) is 186 Å². The van der Waals surface area contributed by atoms with E-state index in [1.807, 2.05) is 0 Å². The Hall–Kier alpha value is -6.78. The third-order valence-corrected chi connectivity index (χ3v) is 13.0. The van der Waals surface area contributed by atoms with E-state index >= 15 is 0 Å². The third-order valence-electron chi connectivity index (χ3n) is 13.0. The summed E-state index contributed by atoms with van der Waals surface area (Å²) in [5.74, 6) is 0. The zero-order valence-electron chi connectivity index (χ0n) is 28.5. The number of hydrogen-bond donors (Lipinski definition) is 0. The van der Waals surface area contributed by atoms with Gasteiger partial charge in [0.25, 0.3) is 0 Å². The number of para-hydroxylation sites is 5. The summed E-state index contributed by atoms with van der Waals surface area (Å²) in [5.41, 5.74) is 20.8. The van der Waals surface area contributed by atoms with Crippen molar-refractivity contribution in [3.8, 4) is 22.3 Å². The minimum atomic E-state index is -0.473. The van der Waals surface area contributed by atoms with Gasteiger partial charge in [0.15, 0.2) is 0 Å². The molecule has 0 unspecified atom stereocenters. The van der Waals surface area contributed by atoms with Crippen LogP contribution in [0, 0.1) is 0 Å². The van der Waals surface area contributed by atoms with E-state index in [9.17, 15) is 0 Å². The molecule has 0 amide bonds. The molecule has 2 aromatic heterocycles. The molecule has 0 N–H and O–H groups in total. The molecule has 53 heavy (non-hydrogen) atoms. The van der Waals surface area contributed by atoms with E-state index in [4.69, 9.17) is 4.42 Å². The first kappa shape index (κ1) is 27.0. The molecule has 5 heterocycles. The number of aromatic nitrogens is 1. The monoisotopic (exact) mass is 670 g/mol. The van der Waals surface area contributed by atoms with Crippen LogP contribution in [0.3, 0.4) is 0 Å². The Morgan fingerprint density at radius 2 is 1.13 bits per heavy atom. The molecule has 0 atom stereocenters. The fourth-order valence-electron chi connectivity index (χ4n) is 11.2. The van der Waals surface area contributed by atoms with Gasteiger partial charge in [0.1, 0.15) is 11.2 Å². The Bertz CT molecular complexity index is 3280. The standard InChI is InChI=1S/C49H27BN2O/c1-5-19-35-28(13-1)29-14-2-6-20-36(29)49(35)37-21-7-9-25-41(37)51-42-27-34-31-16-4-10-26-43(31)53-48(34)44-33-18-11-17-32-30-15-3-8-24-40(30)52(46(32)33)50(45(42)44)39-23-12-22-38(49)47(39)51/h1-27H. The van der Waals surface area contributed by atoms with E-state index in [1.165, 1.54) is 94.3 Å². The van der Waals surface area contributed by atoms with Crippen LogP contribution in [-0.4, -0.2) is 11.3 Å². The SMILES string of the molecule is c1ccc2c(c1)-c1ccccc1C21c2ccccc2N2c3cc4c(oc5ccccc54)c4c3B(c3cccc1c32)n1c2ccccc2c2cccc-4c21. The number of rotatable bonds is 0. The first-order valence-corrected chi connectivity index (χ1v) is 18.6. The summed E-state index contributed by atoms with van der Waals surface area (Å²) < 4.78 is 9.58. The molecule has 10 aromatic rings. The maximum Gasteiger partial charge on any atom is 0.333 e.